The Morgan fingerprint density at radius 1 is 1.14 bits per heavy atom. The number of aromatic nitrogens is 3. The van der Waals surface area contributed by atoms with Crippen molar-refractivity contribution in [3.8, 4) is 0 Å². The summed E-state index contributed by atoms with van der Waals surface area (Å²) in [5.41, 5.74) is 1.94. The van der Waals surface area contributed by atoms with Crippen molar-refractivity contribution in [2.24, 2.45) is 5.92 Å². The van der Waals surface area contributed by atoms with Gasteiger partial charge in [-0.3, -0.25) is 9.59 Å². The summed E-state index contributed by atoms with van der Waals surface area (Å²) in [4.78, 5) is 31.7. The van der Waals surface area contributed by atoms with E-state index in [0.717, 1.165) is 31.5 Å². The normalized spacial score (nSPS) is 21.0. The monoisotopic (exact) mass is 383 g/mol. The van der Waals surface area contributed by atoms with Crippen LogP contribution in [0.5, 0.6) is 0 Å². The van der Waals surface area contributed by atoms with Gasteiger partial charge in [-0.1, -0.05) is 19.3 Å². The number of piperidine rings is 1. The smallest absolute Gasteiger partial charge is 0.256 e. The Morgan fingerprint density at radius 2 is 1.93 bits per heavy atom. The van der Waals surface area contributed by atoms with Gasteiger partial charge in [-0.15, -0.1) is 0 Å². The Morgan fingerprint density at radius 3 is 2.71 bits per heavy atom. The van der Waals surface area contributed by atoms with Crippen molar-refractivity contribution in [3.05, 3.63) is 29.7 Å². The molecule has 2 amide bonds. The van der Waals surface area contributed by atoms with E-state index < -0.39 is 0 Å². The molecule has 1 saturated heterocycles. The van der Waals surface area contributed by atoms with Crippen molar-refractivity contribution >= 4 is 17.5 Å². The minimum Gasteiger partial charge on any atom is -0.355 e. The van der Waals surface area contributed by atoms with Crippen molar-refractivity contribution in [3.63, 3.8) is 0 Å². The SMILES string of the molecule is CNC(=O)c1cnn2c([C@@H]3CCCCN3C(=O)CC3CCCCC3)ccnc12. The lowest BCUT2D eigenvalue weighted by molar-refractivity contribution is -0.136. The van der Waals surface area contributed by atoms with Gasteiger partial charge >= 0.3 is 0 Å². The molecule has 150 valence electrons. The van der Waals surface area contributed by atoms with E-state index in [1.54, 1.807) is 24.0 Å². The first kappa shape index (κ1) is 18.9. The van der Waals surface area contributed by atoms with E-state index in [2.05, 4.69) is 15.4 Å². The minimum absolute atomic E-state index is 0.00669. The maximum absolute atomic E-state index is 13.2. The molecule has 0 aromatic carbocycles. The van der Waals surface area contributed by atoms with Gasteiger partial charge in [-0.2, -0.15) is 5.10 Å². The fourth-order valence-electron chi connectivity index (χ4n) is 4.75. The lowest BCUT2D eigenvalue weighted by atomic mass is 9.86. The van der Waals surface area contributed by atoms with Crippen molar-refractivity contribution in [1.29, 1.82) is 0 Å². The van der Waals surface area contributed by atoms with Gasteiger partial charge in [0.25, 0.3) is 5.91 Å². The number of likely N-dealkylation sites (tertiary alicyclic amines) is 1. The zero-order chi connectivity index (χ0) is 19.5. The number of fused-ring (bicyclic) bond motifs is 1. The summed E-state index contributed by atoms with van der Waals surface area (Å²) in [7, 11) is 1.60. The number of hydrogen-bond donors (Lipinski definition) is 1. The van der Waals surface area contributed by atoms with E-state index in [9.17, 15) is 9.59 Å². The summed E-state index contributed by atoms with van der Waals surface area (Å²) in [5, 5.41) is 7.06. The zero-order valence-electron chi connectivity index (χ0n) is 16.6. The van der Waals surface area contributed by atoms with E-state index in [-0.39, 0.29) is 17.9 Å². The molecular weight excluding hydrogens is 354 g/mol. The van der Waals surface area contributed by atoms with Crippen LogP contribution in [0, 0.1) is 5.92 Å². The second kappa shape index (κ2) is 8.29. The molecular formula is C21H29N5O2. The molecule has 28 heavy (non-hydrogen) atoms. The molecule has 2 aliphatic rings. The van der Waals surface area contributed by atoms with Crippen LogP contribution >= 0.6 is 0 Å². The van der Waals surface area contributed by atoms with Gasteiger partial charge in [0.15, 0.2) is 5.65 Å². The Bertz CT molecular complexity index is 856. The molecule has 1 aliphatic carbocycles. The van der Waals surface area contributed by atoms with Crippen molar-refractivity contribution in [2.75, 3.05) is 13.6 Å². The first-order valence-corrected chi connectivity index (χ1v) is 10.5. The van der Waals surface area contributed by atoms with Crippen LogP contribution in [-0.4, -0.2) is 44.9 Å². The van der Waals surface area contributed by atoms with E-state index in [1.165, 1.54) is 32.1 Å². The van der Waals surface area contributed by atoms with Crippen molar-refractivity contribution < 1.29 is 9.59 Å². The third-order valence-corrected chi connectivity index (χ3v) is 6.25. The van der Waals surface area contributed by atoms with E-state index in [1.807, 2.05) is 11.0 Å². The van der Waals surface area contributed by atoms with Crippen LogP contribution in [0.3, 0.4) is 0 Å². The van der Waals surface area contributed by atoms with E-state index in [0.29, 0.717) is 23.5 Å². The Kier molecular flexibility index (Phi) is 5.59. The fraction of sp³-hybridized carbons (Fsp3) is 0.619. The first-order chi connectivity index (χ1) is 13.7. The van der Waals surface area contributed by atoms with Crippen LogP contribution < -0.4 is 5.32 Å². The van der Waals surface area contributed by atoms with Crippen LogP contribution in [0.4, 0.5) is 0 Å². The summed E-state index contributed by atoms with van der Waals surface area (Å²) in [6, 6.07) is 1.93. The number of rotatable bonds is 4. The highest BCUT2D eigenvalue weighted by Gasteiger charge is 2.31. The molecule has 4 rings (SSSR count). The topological polar surface area (TPSA) is 79.6 Å². The third kappa shape index (κ3) is 3.62. The number of nitrogens with one attached hydrogen (secondary N) is 1. The van der Waals surface area contributed by atoms with Gasteiger partial charge in [-0.25, -0.2) is 9.50 Å². The number of carbonyl (C=O) groups is 2. The van der Waals surface area contributed by atoms with Crippen LogP contribution in [0.1, 0.15) is 79.9 Å². The molecule has 0 unspecified atom stereocenters. The maximum atomic E-state index is 13.2. The summed E-state index contributed by atoms with van der Waals surface area (Å²) in [5.74, 6) is 0.597. The zero-order valence-corrected chi connectivity index (χ0v) is 16.6. The lowest BCUT2D eigenvalue weighted by Crippen LogP contribution is -2.40. The Hall–Kier alpha value is -2.44. The molecule has 0 spiro atoms. The van der Waals surface area contributed by atoms with Crippen molar-refractivity contribution in [1.82, 2.24) is 24.8 Å². The van der Waals surface area contributed by atoms with Crippen LogP contribution in [-0.2, 0) is 4.79 Å². The summed E-state index contributed by atoms with van der Waals surface area (Å²) >= 11 is 0. The average Bonchev–Trinajstić information content (AvgIpc) is 3.18. The number of hydrogen-bond acceptors (Lipinski definition) is 4. The van der Waals surface area contributed by atoms with Crippen LogP contribution in [0.15, 0.2) is 18.5 Å². The van der Waals surface area contributed by atoms with Gasteiger partial charge in [0, 0.05) is 26.2 Å². The molecule has 1 saturated carbocycles. The summed E-state index contributed by atoms with van der Waals surface area (Å²) in [6.07, 6.45) is 13.2. The largest absolute Gasteiger partial charge is 0.355 e. The molecule has 3 heterocycles. The highest BCUT2D eigenvalue weighted by molar-refractivity contribution is 5.99. The third-order valence-electron chi connectivity index (χ3n) is 6.25. The molecule has 7 nitrogen and oxygen atoms in total. The van der Waals surface area contributed by atoms with Gasteiger partial charge < -0.3 is 10.2 Å². The number of nitrogens with zero attached hydrogens (tertiary/aromatic N) is 4. The van der Waals surface area contributed by atoms with Gasteiger partial charge in [0.2, 0.25) is 5.91 Å². The quantitative estimate of drug-likeness (QED) is 0.880. The van der Waals surface area contributed by atoms with Gasteiger partial charge in [0.05, 0.1) is 17.9 Å². The highest BCUT2D eigenvalue weighted by Crippen LogP contribution is 2.34. The molecule has 0 radical (unpaired) electrons. The van der Waals surface area contributed by atoms with Crippen molar-refractivity contribution in [2.45, 2.75) is 63.8 Å². The fourth-order valence-corrected chi connectivity index (χ4v) is 4.75. The van der Waals surface area contributed by atoms with Gasteiger partial charge in [-0.05, 0) is 44.1 Å². The predicted molar refractivity (Wildman–Crippen MR) is 106 cm³/mol. The second-order valence-corrected chi connectivity index (χ2v) is 8.05. The van der Waals surface area contributed by atoms with Crippen LogP contribution in [0.2, 0.25) is 0 Å². The molecule has 2 aromatic heterocycles. The Balaban J connectivity index is 1.61. The molecule has 1 atom stereocenters. The second-order valence-electron chi connectivity index (χ2n) is 8.05. The van der Waals surface area contributed by atoms with Gasteiger partial charge in [0.1, 0.15) is 5.56 Å². The molecule has 1 aliphatic heterocycles. The molecule has 2 fully saturated rings. The highest BCUT2D eigenvalue weighted by atomic mass is 16.2. The maximum Gasteiger partial charge on any atom is 0.256 e. The first-order valence-electron chi connectivity index (χ1n) is 10.5. The summed E-state index contributed by atoms with van der Waals surface area (Å²) < 4.78 is 1.74. The minimum atomic E-state index is -0.200. The van der Waals surface area contributed by atoms with Crippen LogP contribution in [0.25, 0.3) is 5.65 Å². The molecule has 0 bridgehead atoms. The summed E-state index contributed by atoms with van der Waals surface area (Å²) in [6.45, 7) is 0.795. The predicted octanol–water partition coefficient (Wildman–Crippen LogP) is 3.11. The lowest BCUT2D eigenvalue weighted by Gasteiger charge is -2.37. The average molecular weight is 383 g/mol. The molecule has 7 heteroatoms. The standard InChI is InChI=1S/C21H29N5O2/c1-22-21(28)16-14-24-26-18(10-11-23-20(16)26)17-9-5-6-12-25(17)19(27)13-15-7-3-2-4-8-15/h10-11,14-15,17H,2-9,12-13H2,1H3,(H,22,28)/t17-/m0/s1. The Labute approximate surface area is 165 Å². The number of amides is 2. The molecule has 2 aromatic rings. The van der Waals surface area contributed by atoms with E-state index in [4.69, 9.17) is 0 Å². The number of carbonyl (C=O) groups excluding carboxylic acids is 2. The van der Waals surface area contributed by atoms with E-state index >= 15 is 0 Å². The molecule has 1 N–H and O–H groups in total.